The number of hydrogen-bond acceptors (Lipinski definition) is 10. The number of halogens is 4. The molecule has 6 aromatic carbocycles. The molecule has 1 saturated heterocycles. The molecule has 0 amide bonds. The minimum absolute atomic E-state index is 0.0435. The van der Waals surface area contributed by atoms with Crippen molar-refractivity contribution in [2.24, 2.45) is 0 Å². The Morgan fingerprint density at radius 3 is 1.40 bits per heavy atom. The topological polar surface area (TPSA) is 118 Å². The van der Waals surface area contributed by atoms with E-state index in [2.05, 4.69) is 15.0 Å². The molecule has 0 spiro atoms. The molecule has 1 fully saturated rings. The maximum atomic E-state index is 15.3. The summed E-state index contributed by atoms with van der Waals surface area (Å²) >= 11 is 0. The number of imidazole rings is 1. The lowest BCUT2D eigenvalue weighted by Gasteiger charge is -2.41. The van der Waals surface area contributed by atoms with Gasteiger partial charge in [0.15, 0.2) is 29.3 Å². The molecule has 8 aromatic rings. The summed E-state index contributed by atoms with van der Waals surface area (Å²) in [6, 6.07) is 55.1. The summed E-state index contributed by atoms with van der Waals surface area (Å²) in [7, 11) is -3.22. The Hall–Kier alpha value is -6.82. The van der Waals surface area contributed by atoms with Gasteiger partial charge in [0.05, 0.1) is 12.9 Å². The fourth-order valence-corrected chi connectivity index (χ4v) is 9.39. The van der Waals surface area contributed by atoms with Crippen molar-refractivity contribution in [1.82, 2.24) is 19.5 Å². The van der Waals surface area contributed by atoms with Crippen LogP contribution in [0.4, 0.5) is 23.4 Å². The third-order valence-electron chi connectivity index (χ3n) is 11.7. The van der Waals surface area contributed by atoms with E-state index in [-0.39, 0.29) is 17.0 Å². The Morgan fingerprint density at radius 1 is 0.612 bits per heavy atom. The summed E-state index contributed by atoms with van der Waals surface area (Å²) in [6.45, 7) is -0.445. The van der Waals surface area contributed by atoms with Crippen LogP contribution in [0, 0.1) is 6.08 Å². The van der Waals surface area contributed by atoms with Crippen LogP contribution in [0.15, 0.2) is 188 Å². The molecule has 0 saturated carbocycles. The predicted molar refractivity (Wildman–Crippen MR) is 243 cm³/mol. The van der Waals surface area contributed by atoms with Crippen molar-refractivity contribution in [1.29, 1.82) is 0 Å². The van der Waals surface area contributed by atoms with E-state index in [1.807, 2.05) is 91.0 Å². The second-order valence-electron chi connectivity index (χ2n) is 16.0. The first-order valence-electron chi connectivity index (χ1n) is 21.2. The van der Waals surface area contributed by atoms with E-state index in [1.165, 1.54) is 4.90 Å². The van der Waals surface area contributed by atoms with Crippen molar-refractivity contribution < 1.29 is 44.4 Å². The highest BCUT2D eigenvalue weighted by molar-refractivity contribution is 7.87. The van der Waals surface area contributed by atoms with Crippen molar-refractivity contribution in [2.75, 3.05) is 25.6 Å². The Balaban J connectivity index is 1.30. The van der Waals surface area contributed by atoms with Gasteiger partial charge in [0.2, 0.25) is 0 Å². The Kier molecular flexibility index (Phi) is 12.5. The second-order valence-corrected chi connectivity index (χ2v) is 17.6. The van der Waals surface area contributed by atoms with E-state index in [0.29, 0.717) is 33.4 Å². The van der Waals surface area contributed by atoms with Gasteiger partial charge >= 0.3 is 21.7 Å². The lowest BCUT2D eigenvalue weighted by atomic mass is 9.79. The smallest absolute Gasteiger partial charge is 0.361 e. The Bertz CT molecular complexity index is 2840. The Morgan fingerprint density at radius 2 is 1.01 bits per heavy atom. The molecule has 0 unspecified atom stereocenters. The lowest BCUT2D eigenvalue weighted by Crippen LogP contribution is -2.48. The van der Waals surface area contributed by atoms with Gasteiger partial charge in [0.25, 0.3) is 0 Å². The first-order valence-corrected chi connectivity index (χ1v) is 22.6. The fourth-order valence-electron chi connectivity index (χ4n) is 8.79. The van der Waals surface area contributed by atoms with Crippen LogP contribution < -0.4 is 4.90 Å². The molecule has 1 aliphatic heterocycles. The molecule has 0 radical (unpaired) electrons. The molecule has 4 atom stereocenters. The third-order valence-corrected chi connectivity index (χ3v) is 12.8. The molecule has 342 valence electrons. The van der Waals surface area contributed by atoms with Crippen LogP contribution in [-0.2, 0) is 39.7 Å². The summed E-state index contributed by atoms with van der Waals surface area (Å²) in [5.74, 6) is 0.0435. The summed E-state index contributed by atoms with van der Waals surface area (Å²) in [5, 5.41) is 0. The molecule has 2 aromatic heterocycles. The number of rotatable bonds is 15. The number of ether oxygens (including phenoxy) is 3. The van der Waals surface area contributed by atoms with Crippen molar-refractivity contribution in [3.05, 3.63) is 228 Å². The van der Waals surface area contributed by atoms with E-state index in [9.17, 15) is 21.6 Å². The number of aromatic nitrogens is 4. The highest BCUT2D eigenvalue weighted by Gasteiger charge is 2.58. The molecule has 0 N–H and O–H groups in total. The monoisotopic (exact) mass is 929 g/mol. The van der Waals surface area contributed by atoms with Crippen LogP contribution in [0.5, 0.6) is 0 Å². The van der Waals surface area contributed by atoms with Crippen LogP contribution in [0.3, 0.4) is 0 Å². The van der Waals surface area contributed by atoms with E-state index in [1.54, 1.807) is 105 Å². The quantitative estimate of drug-likeness (QED) is 0.0324. The predicted octanol–water partition coefficient (Wildman–Crippen LogP) is 9.55. The van der Waals surface area contributed by atoms with Gasteiger partial charge in [0, 0.05) is 14.1 Å². The number of hydrogen-bond donors (Lipinski definition) is 0. The van der Waals surface area contributed by atoms with Gasteiger partial charge in [-0.15, -0.1) is 0 Å². The molecule has 16 heteroatoms. The number of fused-ring (bicyclic) bond motifs is 1. The SMILES string of the molecule is CN(C)c1nc(F)nc2c1ncn2[C@@H]1O[C@H](COC(c2ccccc2)(c2ccccc2)c2ccccc2)[C@@H](OC(c2ccccc2)(c2ccccc2)c2ccccc2)[C@H]1OS(=O)(=O)C(F)(F)F. The third kappa shape index (κ3) is 8.47. The van der Waals surface area contributed by atoms with E-state index >= 15 is 4.39 Å². The van der Waals surface area contributed by atoms with Crippen molar-refractivity contribution >= 4 is 27.1 Å². The van der Waals surface area contributed by atoms with Gasteiger partial charge in [-0.3, -0.25) is 8.75 Å². The minimum atomic E-state index is -6.42. The average molecular weight is 930 g/mol. The van der Waals surface area contributed by atoms with Crippen LogP contribution in [0.25, 0.3) is 11.2 Å². The molecule has 3 heterocycles. The average Bonchev–Trinajstić information content (AvgIpc) is 3.91. The van der Waals surface area contributed by atoms with Gasteiger partial charge in [-0.1, -0.05) is 182 Å². The van der Waals surface area contributed by atoms with E-state index < -0.39 is 64.1 Å². The van der Waals surface area contributed by atoms with Gasteiger partial charge in [-0.25, -0.2) is 4.98 Å². The summed E-state index contributed by atoms with van der Waals surface area (Å²) in [4.78, 5) is 13.8. The van der Waals surface area contributed by atoms with Gasteiger partial charge in [-0.2, -0.15) is 35.9 Å². The zero-order valence-electron chi connectivity index (χ0n) is 36.0. The molecular weight excluding hydrogens is 887 g/mol. The summed E-state index contributed by atoms with van der Waals surface area (Å²) < 4.78 is 114. The maximum Gasteiger partial charge on any atom is 0.523 e. The van der Waals surface area contributed by atoms with Crippen LogP contribution >= 0.6 is 0 Å². The number of anilines is 1. The minimum Gasteiger partial charge on any atom is -0.361 e. The highest BCUT2D eigenvalue weighted by Crippen LogP contribution is 2.49. The zero-order chi connectivity index (χ0) is 46.8. The number of nitrogens with zero attached hydrogens (tertiary/aromatic N) is 5. The van der Waals surface area contributed by atoms with E-state index in [0.717, 1.165) is 10.9 Å². The normalized spacial score (nSPS) is 18.0. The van der Waals surface area contributed by atoms with Crippen LogP contribution in [0.1, 0.15) is 39.6 Å². The number of alkyl halides is 3. The fraction of sp³-hybridized carbons (Fsp3) is 0.196. The zero-order valence-corrected chi connectivity index (χ0v) is 36.8. The van der Waals surface area contributed by atoms with Gasteiger partial charge < -0.3 is 19.1 Å². The second kappa shape index (κ2) is 18.5. The molecule has 9 rings (SSSR count). The maximum absolute atomic E-state index is 15.3. The molecular formula is C51H43F4N5O6S. The summed E-state index contributed by atoms with van der Waals surface area (Å²) in [5.41, 5.74) is -5.41. The first-order chi connectivity index (χ1) is 32.3. The summed E-state index contributed by atoms with van der Waals surface area (Å²) in [6.07, 6.45) is -7.17. The highest BCUT2D eigenvalue weighted by atomic mass is 32.2. The van der Waals surface area contributed by atoms with Crippen molar-refractivity contribution in [3.8, 4) is 0 Å². The van der Waals surface area contributed by atoms with Gasteiger partial charge in [-0.05, 0) is 33.4 Å². The van der Waals surface area contributed by atoms with Crippen LogP contribution in [-0.4, -0.2) is 72.5 Å². The van der Waals surface area contributed by atoms with E-state index in [4.69, 9.17) is 18.4 Å². The largest absolute Gasteiger partial charge is 0.523 e. The van der Waals surface area contributed by atoms with Crippen LogP contribution in [0.2, 0.25) is 0 Å². The molecule has 67 heavy (non-hydrogen) atoms. The Labute approximate surface area is 384 Å². The first kappa shape index (κ1) is 45.3. The van der Waals surface area contributed by atoms with Crippen molar-refractivity contribution in [2.45, 2.75) is 41.3 Å². The molecule has 0 aliphatic carbocycles. The lowest BCUT2D eigenvalue weighted by molar-refractivity contribution is -0.131. The molecule has 1 aliphatic rings. The van der Waals surface area contributed by atoms with Gasteiger partial charge in [0.1, 0.15) is 23.4 Å². The molecule has 11 nitrogen and oxygen atoms in total. The molecule has 0 bridgehead atoms. The standard InChI is InChI=1S/C51H43F4N5O6S/c1-59(2)45-42-46(58-48(52)57-45)60(34-56-42)47-44(66-67(61,62)51(53,54)55)43(65-50(38-27-15-6-16-28-38,39-29-17-7-18-30-39)40-31-19-8-20-32-40)41(64-47)33-63-49(35-21-9-3-10-22-35,36-23-11-4-12-24-36)37-25-13-5-14-26-37/h3-32,34,41,43-44,47H,33H2,1-2H3/t41-,43-,44-,47-/m1/s1. The van der Waals surface area contributed by atoms with Crippen molar-refractivity contribution in [3.63, 3.8) is 0 Å². The number of benzene rings is 6.